The highest BCUT2D eigenvalue weighted by atomic mass is 16.1. The standard InChI is InChI=1S/C18H22N2O/c1-14-7-8-16(13-21)18(9-14)17-10-19-20(12-17)11-15-5-3-2-4-6-15/h7-10,12-13,15H,2-6,11H2,1H3. The van der Waals surface area contributed by atoms with Gasteiger partial charge in [-0.2, -0.15) is 5.10 Å². The molecule has 21 heavy (non-hydrogen) atoms. The van der Waals surface area contributed by atoms with Crippen molar-refractivity contribution in [1.29, 1.82) is 0 Å². The summed E-state index contributed by atoms with van der Waals surface area (Å²) in [5.74, 6) is 0.759. The lowest BCUT2D eigenvalue weighted by molar-refractivity contribution is 0.112. The van der Waals surface area contributed by atoms with E-state index in [1.165, 1.54) is 32.1 Å². The van der Waals surface area contributed by atoms with Crippen LogP contribution in [0.2, 0.25) is 0 Å². The van der Waals surface area contributed by atoms with Crippen molar-refractivity contribution in [2.24, 2.45) is 5.92 Å². The molecular weight excluding hydrogens is 260 g/mol. The molecule has 0 aliphatic heterocycles. The van der Waals surface area contributed by atoms with Crippen LogP contribution in [0.15, 0.2) is 30.6 Å². The number of carbonyl (C=O) groups excluding carboxylic acids is 1. The fourth-order valence-corrected chi connectivity index (χ4v) is 3.26. The molecule has 1 aliphatic rings. The van der Waals surface area contributed by atoms with Gasteiger partial charge in [-0.1, -0.05) is 43.0 Å². The van der Waals surface area contributed by atoms with E-state index in [0.717, 1.165) is 41.0 Å². The summed E-state index contributed by atoms with van der Waals surface area (Å²) in [4.78, 5) is 11.2. The summed E-state index contributed by atoms with van der Waals surface area (Å²) >= 11 is 0. The Morgan fingerprint density at radius 1 is 1.29 bits per heavy atom. The second-order valence-corrected chi connectivity index (χ2v) is 6.16. The van der Waals surface area contributed by atoms with Gasteiger partial charge in [0.25, 0.3) is 0 Å². The minimum Gasteiger partial charge on any atom is -0.298 e. The Balaban J connectivity index is 1.81. The van der Waals surface area contributed by atoms with Gasteiger partial charge in [0.15, 0.2) is 6.29 Å². The summed E-state index contributed by atoms with van der Waals surface area (Å²) in [5.41, 5.74) is 3.92. The van der Waals surface area contributed by atoms with E-state index in [0.29, 0.717) is 0 Å². The smallest absolute Gasteiger partial charge is 0.150 e. The van der Waals surface area contributed by atoms with Crippen molar-refractivity contribution >= 4 is 6.29 Å². The van der Waals surface area contributed by atoms with Gasteiger partial charge in [0.1, 0.15) is 0 Å². The number of hydrogen-bond acceptors (Lipinski definition) is 2. The third-order valence-corrected chi connectivity index (χ3v) is 4.45. The first kappa shape index (κ1) is 14.1. The summed E-state index contributed by atoms with van der Waals surface area (Å²) in [6.45, 7) is 3.05. The van der Waals surface area contributed by atoms with Gasteiger partial charge in [0.05, 0.1) is 6.20 Å². The van der Waals surface area contributed by atoms with Gasteiger partial charge in [-0.3, -0.25) is 9.48 Å². The second kappa shape index (κ2) is 6.25. The molecule has 0 atom stereocenters. The zero-order valence-electron chi connectivity index (χ0n) is 12.6. The van der Waals surface area contributed by atoms with Crippen LogP contribution < -0.4 is 0 Å². The molecule has 110 valence electrons. The Bertz CT molecular complexity index is 624. The van der Waals surface area contributed by atoms with Crippen LogP contribution in [0.1, 0.15) is 48.0 Å². The van der Waals surface area contributed by atoms with Gasteiger partial charge in [-0.25, -0.2) is 0 Å². The van der Waals surface area contributed by atoms with Crippen molar-refractivity contribution in [1.82, 2.24) is 9.78 Å². The summed E-state index contributed by atoms with van der Waals surface area (Å²) in [6.07, 6.45) is 11.6. The monoisotopic (exact) mass is 282 g/mol. The number of aldehydes is 1. The van der Waals surface area contributed by atoms with Crippen LogP contribution >= 0.6 is 0 Å². The zero-order valence-corrected chi connectivity index (χ0v) is 12.6. The molecule has 3 heteroatoms. The summed E-state index contributed by atoms with van der Waals surface area (Å²) in [5, 5.41) is 4.49. The fraction of sp³-hybridized carbons (Fsp3) is 0.444. The first-order chi connectivity index (χ1) is 10.3. The molecule has 2 aromatic rings. The molecule has 3 nitrogen and oxygen atoms in total. The number of nitrogens with zero attached hydrogens (tertiary/aromatic N) is 2. The third-order valence-electron chi connectivity index (χ3n) is 4.45. The molecular formula is C18H22N2O. The lowest BCUT2D eigenvalue weighted by Crippen LogP contribution is -2.14. The predicted octanol–water partition coefficient (Wildman–Crippen LogP) is 4.25. The number of aromatic nitrogens is 2. The Hall–Kier alpha value is -1.90. The van der Waals surface area contributed by atoms with Gasteiger partial charge in [-0.15, -0.1) is 0 Å². The minimum atomic E-state index is 0.734. The number of hydrogen-bond donors (Lipinski definition) is 0. The van der Waals surface area contributed by atoms with Crippen LogP contribution in [-0.4, -0.2) is 16.1 Å². The van der Waals surface area contributed by atoms with E-state index in [1.807, 2.05) is 29.9 Å². The zero-order chi connectivity index (χ0) is 14.7. The SMILES string of the molecule is Cc1ccc(C=O)c(-c2cnn(CC3CCCCC3)c2)c1. The molecule has 0 radical (unpaired) electrons. The molecule has 1 heterocycles. The van der Waals surface area contributed by atoms with Gasteiger partial charge in [0.2, 0.25) is 0 Å². The Kier molecular flexibility index (Phi) is 4.18. The van der Waals surface area contributed by atoms with E-state index in [9.17, 15) is 4.79 Å². The highest BCUT2D eigenvalue weighted by Crippen LogP contribution is 2.27. The molecule has 1 aromatic heterocycles. The largest absolute Gasteiger partial charge is 0.298 e. The lowest BCUT2D eigenvalue weighted by atomic mass is 9.89. The van der Waals surface area contributed by atoms with Crippen LogP contribution in [0.25, 0.3) is 11.1 Å². The highest BCUT2D eigenvalue weighted by Gasteiger charge is 2.15. The maximum Gasteiger partial charge on any atom is 0.150 e. The van der Waals surface area contributed by atoms with Crippen molar-refractivity contribution in [3.63, 3.8) is 0 Å². The molecule has 0 saturated heterocycles. The molecule has 0 N–H and O–H groups in total. The van der Waals surface area contributed by atoms with E-state index >= 15 is 0 Å². The maximum absolute atomic E-state index is 11.2. The lowest BCUT2D eigenvalue weighted by Gasteiger charge is -2.21. The minimum absolute atomic E-state index is 0.734. The first-order valence-corrected chi connectivity index (χ1v) is 7.85. The average Bonchev–Trinajstić information content (AvgIpc) is 2.96. The van der Waals surface area contributed by atoms with Gasteiger partial charge in [0, 0.05) is 23.9 Å². The molecule has 0 bridgehead atoms. The molecule has 3 rings (SSSR count). The van der Waals surface area contributed by atoms with Crippen molar-refractivity contribution in [3.05, 3.63) is 41.7 Å². The molecule has 0 spiro atoms. The van der Waals surface area contributed by atoms with E-state index < -0.39 is 0 Å². The molecule has 1 aliphatic carbocycles. The fourth-order valence-electron chi connectivity index (χ4n) is 3.26. The van der Waals surface area contributed by atoms with Crippen LogP contribution in [-0.2, 0) is 6.54 Å². The predicted molar refractivity (Wildman–Crippen MR) is 84.4 cm³/mol. The third kappa shape index (κ3) is 3.23. The Morgan fingerprint density at radius 3 is 2.86 bits per heavy atom. The van der Waals surface area contributed by atoms with Crippen LogP contribution in [0, 0.1) is 12.8 Å². The molecule has 0 unspecified atom stereocenters. The number of benzene rings is 1. The van der Waals surface area contributed by atoms with Gasteiger partial charge in [-0.05, 0) is 31.2 Å². The first-order valence-electron chi connectivity index (χ1n) is 7.85. The van der Waals surface area contributed by atoms with E-state index in [4.69, 9.17) is 0 Å². The van der Waals surface area contributed by atoms with Crippen molar-refractivity contribution in [3.8, 4) is 11.1 Å². The molecule has 1 fully saturated rings. The van der Waals surface area contributed by atoms with E-state index in [1.54, 1.807) is 0 Å². The number of carbonyl (C=O) groups is 1. The maximum atomic E-state index is 11.2. The van der Waals surface area contributed by atoms with Crippen LogP contribution in [0.4, 0.5) is 0 Å². The van der Waals surface area contributed by atoms with Gasteiger partial charge >= 0.3 is 0 Å². The second-order valence-electron chi connectivity index (χ2n) is 6.16. The molecule has 1 aromatic carbocycles. The Labute approximate surface area is 126 Å². The van der Waals surface area contributed by atoms with Crippen molar-refractivity contribution in [2.45, 2.75) is 45.6 Å². The summed E-state index contributed by atoms with van der Waals surface area (Å²) < 4.78 is 2.04. The summed E-state index contributed by atoms with van der Waals surface area (Å²) in [6, 6.07) is 5.92. The van der Waals surface area contributed by atoms with Crippen molar-refractivity contribution < 1.29 is 4.79 Å². The molecule has 1 saturated carbocycles. The quantitative estimate of drug-likeness (QED) is 0.786. The van der Waals surface area contributed by atoms with E-state index in [-0.39, 0.29) is 0 Å². The van der Waals surface area contributed by atoms with Crippen LogP contribution in [0.5, 0.6) is 0 Å². The van der Waals surface area contributed by atoms with E-state index in [2.05, 4.69) is 17.4 Å². The normalized spacial score (nSPS) is 16.0. The van der Waals surface area contributed by atoms with Crippen LogP contribution in [0.3, 0.4) is 0 Å². The molecule has 0 amide bonds. The highest BCUT2D eigenvalue weighted by molar-refractivity contribution is 5.87. The summed E-state index contributed by atoms with van der Waals surface area (Å²) in [7, 11) is 0. The Morgan fingerprint density at radius 2 is 2.10 bits per heavy atom. The van der Waals surface area contributed by atoms with Gasteiger partial charge < -0.3 is 0 Å². The average molecular weight is 282 g/mol. The number of rotatable bonds is 4. The topological polar surface area (TPSA) is 34.9 Å². The number of aryl methyl sites for hydroxylation is 1. The van der Waals surface area contributed by atoms with Crippen molar-refractivity contribution in [2.75, 3.05) is 0 Å².